The molecule has 1 amide bonds. The number of carbonyl (C=O) groups excluding carboxylic acids is 1. The first-order chi connectivity index (χ1) is 11.1. The molecule has 0 spiro atoms. The SMILES string of the molecule is Cc1nc(C(C)(C)C)[nH]c(=O)c1C(=O)N(C)CC1CCCCC1O. The van der Waals surface area contributed by atoms with Crippen LogP contribution in [-0.4, -0.2) is 45.6 Å². The molecule has 2 rings (SSSR count). The van der Waals surface area contributed by atoms with Crippen LogP contribution in [-0.2, 0) is 5.41 Å². The Hall–Kier alpha value is -1.69. The number of aryl methyl sites for hydroxylation is 1. The number of aromatic amines is 1. The van der Waals surface area contributed by atoms with Crippen molar-refractivity contribution in [1.29, 1.82) is 0 Å². The first kappa shape index (κ1) is 18.6. The minimum Gasteiger partial charge on any atom is -0.393 e. The van der Waals surface area contributed by atoms with Crippen LogP contribution in [0, 0.1) is 12.8 Å². The van der Waals surface area contributed by atoms with Crippen molar-refractivity contribution >= 4 is 5.91 Å². The Labute approximate surface area is 143 Å². The normalized spacial score (nSPS) is 21.6. The maximum atomic E-state index is 12.7. The molecule has 0 radical (unpaired) electrons. The molecule has 1 heterocycles. The van der Waals surface area contributed by atoms with Crippen LogP contribution < -0.4 is 5.56 Å². The predicted molar refractivity (Wildman–Crippen MR) is 93.2 cm³/mol. The molecule has 0 aromatic carbocycles. The van der Waals surface area contributed by atoms with Gasteiger partial charge in [0.2, 0.25) is 0 Å². The largest absolute Gasteiger partial charge is 0.393 e. The Morgan fingerprint density at radius 1 is 1.33 bits per heavy atom. The summed E-state index contributed by atoms with van der Waals surface area (Å²) in [5, 5.41) is 10.1. The highest BCUT2D eigenvalue weighted by molar-refractivity contribution is 5.94. The molecule has 134 valence electrons. The van der Waals surface area contributed by atoms with Gasteiger partial charge in [-0.15, -0.1) is 0 Å². The zero-order chi connectivity index (χ0) is 18.1. The van der Waals surface area contributed by atoms with Gasteiger partial charge in [-0.2, -0.15) is 0 Å². The average Bonchev–Trinajstić information content (AvgIpc) is 2.47. The number of rotatable bonds is 3. The molecule has 1 aliphatic carbocycles. The fourth-order valence-electron chi connectivity index (χ4n) is 3.22. The van der Waals surface area contributed by atoms with Crippen LogP contribution in [0.4, 0.5) is 0 Å². The van der Waals surface area contributed by atoms with Crippen molar-refractivity contribution in [2.45, 2.75) is 64.9 Å². The fraction of sp³-hybridized carbons (Fsp3) is 0.722. The smallest absolute Gasteiger partial charge is 0.264 e. The Bertz CT molecular complexity index is 660. The standard InChI is InChI=1S/C18H29N3O3/c1-11-14(15(23)20-17(19-11)18(2,3)4)16(24)21(5)10-12-8-6-7-9-13(12)22/h12-13,22H,6-10H2,1-5H3,(H,19,20,23). The molecule has 1 aromatic rings. The molecular weight excluding hydrogens is 306 g/mol. The molecule has 1 aliphatic rings. The van der Waals surface area contributed by atoms with E-state index in [1.165, 1.54) is 4.90 Å². The van der Waals surface area contributed by atoms with E-state index in [2.05, 4.69) is 9.97 Å². The van der Waals surface area contributed by atoms with Crippen LogP contribution >= 0.6 is 0 Å². The third kappa shape index (κ3) is 4.04. The van der Waals surface area contributed by atoms with E-state index in [4.69, 9.17) is 0 Å². The van der Waals surface area contributed by atoms with E-state index in [0.717, 1.165) is 25.7 Å². The van der Waals surface area contributed by atoms with E-state index in [-0.39, 0.29) is 28.9 Å². The third-order valence-corrected chi connectivity index (χ3v) is 4.75. The molecule has 1 fully saturated rings. The van der Waals surface area contributed by atoms with Crippen LogP contribution in [0.25, 0.3) is 0 Å². The van der Waals surface area contributed by atoms with Gasteiger partial charge in [0.15, 0.2) is 0 Å². The van der Waals surface area contributed by atoms with E-state index < -0.39 is 5.56 Å². The number of hydrogen-bond acceptors (Lipinski definition) is 4. The number of carbonyl (C=O) groups is 1. The summed E-state index contributed by atoms with van der Waals surface area (Å²) in [5.41, 5.74) is -0.141. The van der Waals surface area contributed by atoms with Crippen molar-refractivity contribution in [2.24, 2.45) is 5.92 Å². The number of aliphatic hydroxyl groups excluding tert-OH is 1. The number of hydrogen-bond donors (Lipinski definition) is 2. The lowest BCUT2D eigenvalue weighted by Crippen LogP contribution is -2.40. The van der Waals surface area contributed by atoms with Gasteiger partial charge in [0.1, 0.15) is 11.4 Å². The summed E-state index contributed by atoms with van der Waals surface area (Å²) in [6, 6.07) is 0. The van der Waals surface area contributed by atoms with Gasteiger partial charge in [-0.05, 0) is 19.8 Å². The van der Waals surface area contributed by atoms with Gasteiger partial charge >= 0.3 is 0 Å². The molecule has 2 atom stereocenters. The zero-order valence-electron chi connectivity index (χ0n) is 15.3. The second-order valence-electron chi connectivity index (χ2n) is 7.92. The zero-order valence-corrected chi connectivity index (χ0v) is 15.3. The van der Waals surface area contributed by atoms with Crippen LogP contribution in [0.2, 0.25) is 0 Å². The summed E-state index contributed by atoms with van der Waals surface area (Å²) in [6.07, 6.45) is 3.44. The minimum absolute atomic E-state index is 0.0777. The molecule has 0 aliphatic heterocycles. The molecular formula is C18H29N3O3. The lowest BCUT2D eigenvalue weighted by atomic mass is 9.86. The summed E-state index contributed by atoms with van der Waals surface area (Å²) in [4.78, 5) is 33.8. The number of amides is 1. The van der Waals surface area contributed by atoms with Gasteiger partial charge < -0.3 is 15.0 Å². The first-order valence-corrected chi connectivity index (χ1v) is 8.66. The summed E-state index contributed by atoms with van der Waals surface area (Å²) in [5.74, 6) is 0.320. The fourth-order valence-corrected chi connectivity index (χ4v) is 3.22. The van der Waals surface area contributed by atoms with E-state index in [9.17, 15) is 14.7 Å². The van der Waals surface area contributed by atoms with E-state index in [1.54, 1.807) is 14.0 Å². The van der Waals surface area contributed by atoms with Crippen molar-refractivity contribution < 1.29 is 9.90 Å². The van der Waals surface area contributed by atoms with Gasteiger partial charge in [-0.3, -0.25) is 9.59 Å². The van der Waals surface area contributed by atoms with Crippen molar-refractivity contribution in [3.8, 4) is 0 Å². The maximum Gasteiger partial charge on any atom is 0.264 e. The number of nitrogens with one attached hydrogen (secondary N) is 1. The van der Waals surface area contributed by atoms with Gasteiger partial charge in [-0.1, -0.05) is 33.6 Å². The topological polar surface area (TPSA) is 86.3 Å². The molecule has 1 saturated carbocycles. The van der Waals surface area contributed by atoms with Crippen LogP contribution in [0.3, 0.4) is 0 Å². The Morgan fingerprint density at radius 3 is 2.50 bits per heavy atom. The van der Waals surface area contributed by atoms with E-state index >= 15 is 0 Å². The number of H-pyrrole nitrogens is 1. The summed E-state index contributed by atoms with van der Waals surface area (Å²) in [7, 11) is 1.68. The molecule has 24 heavy (non-hydrogen) atoms. The Morgan fingerprint density at radius 2 is 1.96 bits per heavy atom. The second-order valence-corrected chi connectivity index (χ2v) is 7.92. The van der Waals surface area contributed by atoms with Gasteiger partial charge in [-0.25, -0.2) is 4.98 Å². The monoisotopic (exact) mass is 335 g/mol. The predicted octanol–water partition coefficient (Wildman–Crippen LogP) is 2.00. The van der Waals surface area contributed by atoms with Crippen molar-refractivity contribution in [3.63, 3.8) is 0 Å². The highest BCUT2D eigenvalue weighted by Gasteiger charge is 2.28. The van der Waals surface area contributed by atoms with E-state index in [0.29, 0.717) is 18.1 Å². The van der Waals surface area contributed by atoms with Gasteiger partial charge in [0.05, 0.1) is 11.8 Å². The molecule has 2 unspecified atom stereocenters. The number of nitrogens with zero attached hydrogens (tertiary/aromatic N) is 2. The van der Waals surface area contributed by atoms with Crippen LogP contribution in [0.5, 0.6) is 0 Å². The van der Waals surface area contributed by atoms with Crippen molar-refractivity contribution in [1.82, 2.24) is 14.9 Å². The third-order valence-electron chi connectivity index (χ3n) is 4.75. The summed E-state index contributed by atoms with van der Waals surface area (Å²) < 4.78 is 0. The molecule has 6 nitrogen and oxygen atoms in total. The second kappa shape index (κ2) is 7.05. The Kier molecular flexibility index (Phi) is 5.48. The average molecular weight is 335 g/mol. The Balaban J connectivity index is 2.21. The minimum atomic E-state index is -0.395. The van der Waals surface area contributed by atoms with Crippen molar-refractivity contribution in [3.05, 3.63) is 27.4 Å². The molecule has 0 saturated heterocycles. The van der Waals surface area contributed by atoms with Gasteiger partial charge in [0.25, 0.3) is 11.5 Å². The first-order valence-electron chi connectivity index (χ1n) is 8.66. The quantitative estimate of drug-likeness (QED) is 0.884. The van der Waals surface area contributed by atoms with Gasteiger partial charge in [0, 0.05) is 24.9 Å². The molecule has 6 heteroatoms. The maximum absolute atomic E-state index is 12.7. The number of aromatic nitrogens is 2. The van der Waals surface area contributed by atoms with E-state index in [1.807, 2.05) is 20.8 Å². The lowest BCUT2D eigenvalue weighted by Gasteiger charge is -2.31. The molecule has 1 aromatic heterocycles. The summed E-state index contributed by atoms with van der Waals surface area (Å²) >= 11 is 0. The number of aliphatic hydroxyl groups is 1. The lowest BCUT2D eigenvalue weighted by molar-refractivity contribution is 0.0450. The van der Waals surface area contributed by atoms with Crippen molar-refractivity contribution in [2.75, 3.05) is 13.6 Å². The van der Waals surface area contributed by atoms with Crippen LogP contribution in [0.15, 0.2) is 4.79 Å². The molecule has 0 bridgehead atoms. The highest BCUT2D eigenvalue weighted by Crippen LogP contribution is 2.25. The molecule has 2 N–H and O–H groups in total. The van der Waals surface area contributed by atoms with Crippen LogP contribution in [0.1, 0.15) is 68.3 Å². The highest BCUT2D eigenvalue weighted by atomic mass is 16.3. The summed E-state index contributed by atoms with van der Waals surface area (Å²) in [6.45, 7) is 8.04.